The van der Waals surface area contributed by atoms with Crippen LogP contribution in [0.15, 0.2) is 0 Å². The number of carboxylic acid groups (broad SMARTS) is 1. The Hall–Kier alpha value is -0.610. The van der Waals surface area contributed by atoms with E-state index in [0.29, 0.717) is 6.42 Å². The van der Waals surface area contributed by atoms with Gasteiger partial charge in [0, 0.05) is 0 Å². The Labute approximate surface area is 86.3 Å². The first-order valence-electron chi connectivity index (χ1n) is 5.26. The fourth-order valence-electron chi connectivity index (χ4n) is 1.14. The van der Waals surface area contributed by atoms with E-state index in [1.165, 1.54) is 0 Å². The summed E-state index contributed by atoms with van der Waals surface area (Å²) in [6.07, 6.45) is 1.63. The Kier molecular flexibility index (Phi) is 7.42. The first-order chi connectivity index (χ1) is 6.61. The van der Waals surface area contributed by atoms with Crippen molar-refractivity contribution in [3.8, 4) is 0 Å². The first kappa shape index (κ1) is 13.4. The standard InChI is InChI=1S/C10H22N2O2/c1-4-7-11-9(10(13)14)6-8-12(3)5-2/h9,11H,4-8H2,1-3H3,(H,13,14). The van der Waals surface area contributed by atoms with Gasteiger partial charge in [0.05, 0.1) is 0 Å². The second kappa shape index (κ2) is 7.76. The van der Waals surface area contributed by atoms with E-state index in [0.717, 1.165) is 26.1 Å². The van der Waals surface area contributed by atoms with Gasteiger partial charge >= 0.3 is 5.97 Å². The Morgan fingerprint density at radius 3 is 2.57 bits per heavy atom. The Morgan fingerprint density at radius 2 is 2.14 bits per heavy atom. The van der Waals surface area contributed by atoms with Crippen LogP contribution in [0.3, 0.4) is 0 Å². The van der Waals surface area contributed by atoms with E-state index in [9.17, 15) is 4.79 Å². The van der Waals surface area contributed by atoms with Crippen molar-refractivity contribution in [3.05, 3.63) is 0 Å². The van der Waals surface area contributed by atoms with E-state index < -0.39 is 12.0 Å². The maximum absolute atomic E-state index is 10.8. The maximum Gasteiger partial charge on any atom is 0.320 e. The number of nitrogens with one attached hydrogen (secondary N) is 1. The van der Waals surface area contributed by atoms with Crippen LogP contribution in [0.1, 0.15) is 26.7 Å². The minimum atomic E-state index is -0.747. The third-order valence-electron chi connectivity index (χ3n) is 2.28. The summed E-state index contributed by atoms with van der Waals surface area (Å²) >= 11 is 0. The van der Waals surface area contributed by atoms with Crippen LogP contribution in [-0.4, -0.2) is 48.7 Å². The van der Waals surface area contributed by atoms with Crippen molar-refractivity contribution >= 4 is 5.97 Å². The van der Waals surface area contributed by atoms with Crippen LogP contribution in [0.4, 0.5) is 0 Å². The predicted octanol–water partition coefficient (Wildman–Crippen LogP) is 0.781. The molecule has 0 aliphatic rings. The van der Waals surface area contributed by atoms with Gasteiger partial charge in [-0.3, -0.25) is 4.79 Å². The molecule has 0 rings (SSSR count). The van der Waals surface area contributed by atoms with Crippen molar-refractivity contribution in [2.75, 3.05) is 26.7 Å². The Morgan fingerprint density at radius 1 is 1.50 bits per heavy atom. The summed E-state index contributed by atoms with van der Waals surface area (Å²) in [6.45, 7) is 6.65. The average molecular weight is 202 g/mol. The molecule has 0 aliphatic heterocycles. The summed E-state index contributed by atoms with van der Waals surface area (Å²) < 4.78 is 0. The molecule has 84 valence electrons. The summed E-state index contributed by atoms with van der Waals surface area (Å²) in [5.41, 5.74) is 0. The van der Waals surface area contributed by atoms with Crippen molar-refractivity contribution in [1.29, 1.82) is 0 Å². The molecule has 0 heterocycles. The molecule has 14 heavy (non-hydrogen) atoms. The van der Waals surface area contributed by atoms with Crippen molar-refractivity contribution in [3.63, 3.8) is 0 Å². The molecule has 0 aliphatic carbocycles. The predicted molar refractivity (Wildman–Crippen MR) is 57.5 cm³/mol. The van der Waals surface area contributed by atoms with Crippen LogP contribution in [0.25, 0.3) is 0 Å². The lowest BCUT2D eigenvalue weighted by molar-refractivity contribution is -0.139. The molecular weight excluding hydrogens is 180 g/mol. The van der Waals surface area contributed by atoms with Gasteiger partial charge < -0.3 is 15.3 Å². The normalized spacial score (nSPS) is 13.1. The van der Waals surface area contributed by atoms with E-state index >= 15 is 0 Å². The summed E-state index contributed by atoms with van der Waals surface area (Å²) in [6, 6.07) is -0.399. The summed E-state index contributed by atoms with van der Waals surface area (Å²) in [5, 5.41) is 11.9. The van der Waals surface area contributed by atoms with Crippen molar-refractivity contribution in [1.82, 2.24) is 10.2 Å². The van der Waals surface area contributed by atoms with E-state index in [-0.39, 0.29) is 0 Å². The second-order valence-corrected chi connectivity index (χ2v) is 3.53. The van der Waals surface area contributed by atoms with Gasteiger partial charge in [-0.25, -0.2) is 0 Å². The highest BCUT2D eigenvalue weighted by atomic mass is 16.4. The van der Waals surface area contributed by atoms with Crippen LogP contribution < -0.4 is 5.32 Å². The summed E-state index contributed by atoms with van der Waals surface area (Å²) in [7, 11) is 2.00. The first-order valence-corrected chi connectivity index (χ1v) is 5.26. The van der Waals surface area contributed by atoms with Gasteiger partial charge in [0.25, 0.3) is 0 Å². The molecule has 0 fully saturated rings. The van der Waals surface area contributed by atoms with Crippen LogP contribution >= 0.6 is 0 Å². The van der Waals surface area contributed by atoms with Gasteiger partial charge in [-0.2, -0.15) is 0 Å². The van der Waals surface area contributed by atoms with E-state index in [1.807, 2.05) is 14.0 Å². The zero-order valence-electron chi connectivity index (χ0n) is 9.42. The molecule has 0 saturated heterocycles. The maximum atomic E-state index is 10.8. The van der Waals surface area contributed by atoms with Crippen LogP contribution in [0.5, 0.6) is 0 Å². The largest absolute Gasteiger partial charge is 0.480 e. The molecule has 0 saturated carbocycles. The molecule has 1 unspecified atom stereocenters. The van der Waals surface area contributed by atoms with Gasteiger partial charge in [-0.15, -0.1) is 0 Å². The fourth-order valence-corrected chi connectivity index (χ4v) is 1.14. The molecule has 0 amide bonds. The summed E-state index contributed by atoms with van der Waals surface area (Å²) in [4.78, 5) is 12.9. The lowest BCUT2D eigenvalue weighted by Gasteiger charge is -2.18. The monoisotopic (exact) mass is 202 g/mol. The molecular formula is C10H22N2O2. The van der Waals surface area contributed by atoms with Crippen LogP contribution in [0.2, 0.25) is 0 Å². The quantitative estimate of drug-likeness (QED) is 0.611. The topological polar surface area (TPSA) is 52.6 Å². The van der Waals surface area contributed by atoms with Crippen LogP contribution in [-0.2, 0) is 4.79 Å². The highest BCUT2D eigenvalue weighted by molar-refractivity contribution is 5.73. The van der Waals surface area contributed by atoms with Gasteiger partial charge in [-0.05, 0) is 39.5 Å². The number of nitrogens with zero attached hydrogens (tertiary/aromatic N) is 1. The third kappa shape index (κ3) is 5.94. The SMILES string of the molecule is CCCNC(CCN(C)CC)C(=O)O. The molecule has 0 spiro atoms. The zero-order chi connectivity index (χ0) is 11.0. The smallest absolute Gasteiger partial charge is 0.320 e. The number of rotatable bonds is 8. The van der Waals surface area contributed by atoms with Gasteiger partial charge in [-0.1, -0.05) is 13.8 Å². The van der Waals surface area contributed by atoms with Gasteiger partial charge in [0.15, 0.2) is 0 Å². The number of carbonyl (C=O) groups is 1. The number of carboxylic acids is 1. The molecule has 0 aromatic carbocycles. The molecule has 0 bridgehead atoms. The molecule has 0 aromatic rings. The lowest BCUT2D eigenvalue weighted by atomic mass is 10.2. The lowest BCUT2D eigenvalue weighted by Crippen LogP contribution is -2.39. The van der Waals surface area contributed by atoms with E-state index in [1.54, 1.807) is 0 Å². The third-order valence-corrected chi connectivity index (χ3v) is 2.28. The molecule has 0 radical (unpaired) electrons. The number of hydrogen-bond acceptors (Lipinski definition) is 3. The van der Waals surface area contributed by atoms with Crippen LogP contribution in [0, 0.1) is 0 Å². The highest BCUT2D eigenvalue weighted by Gasteiger charge is 2.15. The molecule has 0 aromatic heterocycles. The molecule has 4 heteroatoms. The van der Waals surface area contributed by atoms with Gasteiger partial charge in [0.1, 0.15) is 6.04 Å². The van der Waals surface area contributed by atoms with Gasteiger partial charge in [0.2, 0.25) is 0 Å². The number of hydrogen-bond donors (Lipinski definition) is 2. The Bertz CT molecular complexity index is 162. The summed E-state index contributed by atoms with van der Waals surface area (Å²) in [5.74, 6) is -0.747. The van der Waals surface area contributed by atoms with E-state index in [2.05, 4.69) is 17.1 Å². The van der Waals surface area contributed by atoms with Crippen molar-refractivity contribution < 1.29 is 9.90 Å². The molecule has 4 nitrogen and oxygen atoms in total. The minimum absolute atomic E-state index is 0.399. The minimum Gasteiger partial charge on any atom is -0.480 e. The second-order valence-electron chi connectivity index (χ2n) is 3.53. The highest BCUT2D eigenvalue weighted by Crippen LogP contribution is 1.95. The zero-order valence-corrected chi connectivity index (χ0v) is 9.42. The van der Waals surface area contributed by atoms with Crippen molar-refractivity contribution in [2.24, 2.45) is 0 Å². The molecule has 1 atom stereocenters. The van der Waals surface area contributed by atoms with E-state index in [4.69, 9.17) is 5.11 Å². The average Bonchev–Trinajstić information content (AvgIpc) is 2.16. The Balaban J connectivity index is 3.79. The fraction of sp³-hybridized carbons (Fsp3) is 0.900. The van der Waals surface area contributed by atoms with Crippen molar-refractivity contribution in [2.45, 2.75) is 32.7 Å². The molecule has 2 N–H and O–H groups in total. The number of aliphatic carboxylic acids is 1.